The van der Waals surface area contributed by atoms with Crippen molar-refractivity contribution in [3.05, 3.63) is 41.2 Å². The van der Waals surface area contributed by atoms with Crippen molar-refractivity contribution in [1.29, 1.82) is 0 Å². The van der Waals surface area contributed by atoms with Crippen LogP contribution in [0.4, 0.5) is 5.69 Å². The number of aromatic nitrogens is 3. The van der Waals surface area contributed by atoms with Crippen molar-refractivity contribution in [3.8, 4) is 0 Å². The second kappa shape index (κ2) is 8.34. The number of amides is 1. The van der Waals surface area contributed by atoms with Crippen molar-refractivity contribution in [2.24, 2.45) is 5.92 Å². The van der Waals surface area contributed by atoms with Crippen molar-refractivity contribution in [2.45, 2.75) is 52.1 Å². The van der Waals surface area contributed by atoms with Crippen LogP contribution in [0, 0.1) is 5.92 Å². The van der Waals surface area contributed by atoms with Crippen LogP contribution in [0.5, 0.6) is 0 Å². The smallest absolute Gasteiger partial charge is 0.273 e. The molecule has 3 rings (SSSR count). The lowest BCUT2D eigenvalue weighted by Crippen LogP contribution is -2.31. The molecule has 2 aromatic rings. The Morgan fingerprint density at radius 2 is 2.24 bits per heavy atom. The van der Waals surface area contributed by atoms with Crippen LogP contribution >= 0.6 is 12.4 Å². The van der Waals surface area contributed by atoms with E-state index in [1.807, 2.05) is 18.2 Å². The first-order chi connectivity index (χ1) is 11.5. The van der Waals surface area contributed by atoms with Crippen molar-refractivity contribution < 1.29 is 4.79 Å². The number of nitrogens with two attached hydrogens (primary N) is 1. The molecule has 0 spiro atoms. The Hall–Kier alpha value is -2.08. The third-order valence-electron chi connectivity index (χ3n) is 4.49. The number of halogens is 1. The molecule has 0 fully saturated rings. The van der Waals surface area contributed by atoms with Gasteiger partial charge in [0.15, 0.2) is 5.69 Å². The molecule has 25 heavy (non-hydrogen) atoms. The van der Waals surface area contributed by atoms with Crippen LogP contribution in [-0.2, 0) is 13.0 Å². The van der Waals surface area contributed by atoms with Crippen molar-refractivity contribution >= 4 is 24.0 Å². The molecule has 6 nitrogen and oxygen atoms in total. The highest BCUT2D eigenvalue weighted by atomic mass is 35.5. The van der Waals surface area contributed by atoms with Gasteiger partial charge in [-0.2, -0.15) is 0 Å². The summed E-state index contributed by atoms with van der Waals surface area (Å²) in [4.78, 5) is 12.5. The molecule has 0 saturated heterocycles. The van der Waals surface area contributed by atoms with Crippen LogP contribution in [0.2, 0.25) is 0 Å². The Labute approximate surface area is 154 Å². The Balaban J connectivity index is 0.00000225. The predicted octanol–water partition coefficient (Wildman–Crippen LogP) is 3.14. The molecule has 1 unspecified atom stereocenters. The van der Waals surface area contributed by atoms with Gasteiger partial charge in [-0.3, -0.25) is 9.48 Å². The minimum atomic E-state index is -0.166. The molecule has 1 atom stereocenters. The van der Waals surface area contributed by atoms with E-state index >= 15 is 0 Å². The number of anilines is 1. The topological polar surface area (TPSA) is 85.8 Å². The monoisotopic (exact) mass is 363 g/mol. The molecule has 1 aromatic heterocycles. The summed E-state index contributed by atoms with van der Waals surface area (Å²) in [6.45, 7) is 5.11. The number of nitrogens with one attached hydrogen (secondary N) is 1. The van der Waals surface area contributed by atoms with Crippen LogP contribution in [-0.4, -0.2) is 20.9 Å². The van der Waals surface area contributed by atoms with Gasteiger partial charge in [0.25, 0.3) is 5.91 Å². The molecule has 1 aromatic carbocycles. The number of rotatable bonds is 5. The van der Waals surface area contributed by atoms with Crippen molar-refractivity contribution in [1.82, 2.24) is 20.3 Å². The van der Waals surface area contributed by atoms with Gasteiger partial charge in [0.2, 0.25) is 0 Å². The van der Waals surface area contributed by atoms with E-state index in [-0.39, 0.29) is 24.4 Å². The summed E-state index contributed by atoms with van der Waals surface area (Å²) in [6, 6.07) is 5.94. The summed E-state index contributed by atoms with van der Waals surface area (Å²) in [5.74, 6) is 0.429. The fourth-order valence-corrected chi connectivity index (χ4v) is 3.12. The molecular formula is C18H26ClN5O. The first-order valence-electron chi connectivity index (χ1n) is 8.62. The van der Waals surface area contributed by atoms with E-state index in [4.69, 9.17) is 5.73 Å². The third-order valence-corrected chi connectivity index (χ3v) is 4.49. The lowest BCUT2D eigenvalue weighted by molar-refractivity contribution is 0.0927. The maximum atomic E-state index is 12.5. The van der Waals surface area contributed by atoms with E-state index < -0.39 is 0 Å². The molecule has 3 N–H and O–H groups in total. The number of nitrogen functional groups attached to an aromatic ring is 1. The molecule has 1 amide bonds. The van der Waals surface area contributed by atoms with Gasteiger partial charge in [-0.1, -0.05) is 25.1 Å². The number of hydrogen-bond acceptors (Lipinski definition) is 4. The molecule has 0 bridgehead atoms. The van der Waals surface area contributed by atoms with E-state index in [0.717, 1.165) is 43.5 Å². The van der Waals surface area contributed by atoms with Gasteiger partial charge in [-0.15, -0.1) is 17.5 Å². The maximum absolute atomic E-state index is 12.5. The van der Waals surface area contributed by atoms with Gasteiger partial charge in [0.05, 0.1) is 12.2 Å². The highest BCUT2D eigenvalue weighted by Crippen LogP contribution is 2.31. The summed E-state index contributed by atoms with van der Waals surface area (Å²) in [5.41, 5.74) is 9.40. The van der Waals surface area contributed by atoms with Gasteiger partial charge in [0, 0.05) is 12.2 Å². The molecular weight excluding hydrogens is 338 g/mol. The van der Waals surface area contributed by atoms with Crippen molar-refractivity contribution in [3.63, 3.8) is 0 Å². The minimum Gasteiger partial charge on any atom is -0.399 e. The van der Waals surface area contributed by atoms with Gasteiger partial charge in [-0.25, -0.2) is 0 Å². The summed E-state index contributed by atoms with van der Waals surface area (Å²) in [6.07, 6.45) is 5.73. The SMILES string of the molecule is CC(C)CCn1cc(C(=O)NC2CCCc3cc(N)ccc32)nn1.Cl. The van der Waals surface area contributed by atoms with Gasteiger partial charge >= 0.3 is 0 Å². The number of carbonyl (C=O) groups excluding carboxylic acids is 1. The van der Waals surface area contributed by atoms with E-state index in [2.05, 4.69) is 29.5 Å². The van der Waals surface area contributed by atoms with Gasteiger partial charge in [-0.05, 0) is 54.9 Å². The average Bonchev–Trinajstić information content (AvgIpc) is 3.02. The summed E-state index contributed by atoms with van der Waals surface area (Å²) in [5, 5.41) is 11.2. The number of fused-ring (bicyclic) bond motifs is 1. The second-order valence-corrected chi connectivity index (χ2v) is 6.93. The van der Waals surface area contributed by atoms with Crippen LogP contribution in [0.15, 0.2) is 24.4 Å². The second-order valence-electron chi connectivity index (χ2n) is 6.93. The molecule has 7 heteroatoms. The lowest BCUT2D eigenvalue weighted by Gasteiger charge is -2.26. The minimum absolute atomic E-state index is 0. The van der Waals surface area contributed by atoms with E-state index in [9.17, 15) is 4.79 Å². The molecule has 1 aliphatic rings. The number of carbonyl (C=O) groups is 1. The van der Waals surface area contributed by atoms with Crippen molar-refractivity contribution in [2.75, 3.05) is 5.73 Å². The quantitative estimate of drug-likeness (QED) is 0.799. The largest absolute Gasteiger partial charge is 0.399 e. The summed E-state index contributed by atoms with van der Waals surface area (Å²) in [7, 11) is 0. The van der Waals surface area contributed by atoms with Gasteiger partial charge < -0.3 is 11.1 Å². The predicted molar refractivity (Wildman–Crippen MR) is 101 cm³/mol. The highest BCUT2D eigenvalue weighted by Gasteiger charge is 2.23. The molecule has 1 aliphatic carbocycles. The zero-order valence-electron chi connectivity index (χ0n) is 14.7. The fourth-order valence-electron chi connectivity index (χ4n) is 3.12. The number of nitrogens with zero attached hydrogens (tertiary/aromatic N) is 3. The molecule has 1 heterocycles. The first kappa shape index (κ1) is 19.2. The Morgan fingerprint density at radius 3 is 3.00 bits per heavy atom. The Bertz CT molecular complexity index is 728. The summed E-state index contributed by atoms with van der Waals surface area (Å²) >= 11 is 0. The van der Waals surface area contributed by atoms with E-state index in [0.29, 0.717) is 11.6 Å². The van der Waals surface area contributed by atoms with Crippen LogP contribution in [0.1, 0.15) is 60.8 Å². The summed E-state index contributed by atoms with van der Waals surface area (Å²) < 4.78 is 1.74. The first-order valence-corrected chi connectivity index (χ1v) is 8.62. The normalized spacial score (nSPS) is 16.2. The number of benzene rings is 1. The van der Waals surface area contributed by atoms with E-state index in [1.54, 1.807) is 10.9 Å². The number of aryl methyl sites for hydroxylation is 2. The molecule has 0 saturated carbocycles. The average molecular weight is 364 g/mol. The number of hydrogen-bond donors (Lipinski definition) is 2. The maximum Gasteiger partial charge on any atom is 0.273 e. The highest BCUT2D eigenvalue weighted by molar-refractivity contribution is 5.92. The molecule has 0 radical (unpaired) electrons. The van der Waals surface area contributed by atoms with Crippen LogP contribution in [0.25, 0.3) is 0 Å². The zero-order chi connectivity index (χ0) is 17.1. The van der Waals surface area contributed by atoms with Crippen LogP contribution < -0.4 is 11.1 Å². The Morgan fingerprint density at radius 1 is 1.44 bits per heavy atom. The van der Waals surface area contributed by atoms with Crippen LogP contribution in [0.3, 0.4) is 0 Å². The lowest BCUT2D eigenvalue weighted by atomic mass is 9.87. The third kappa shape index (κ3) is 4.72. The molecule has 136 valence electrons. The van der Waals surface area contributed by atoms with E-state index in [1.165, 1.54) is 5.56 Å². The molecule has 0 aliphatic heterocycles. The fraction of sp³-hybridized carbons (Fsp3) is 0.500. The zero-order valence-corrected chi connectivity index (χ0v) is 15.6. The van der Waals surface area contributed by atoms with Gasteiger partial charge in [0.1, 0.15) is 0 Å². The standard InChI is InChI=1S/C18H25N5O.ClH/c1-12(2)8-9-23-11-17(21-22-23)18(24)20-16-5-3-4-13-10-14(19)6-7-15(13)16;/h6-7,10-12,16H,3-5,8-9,19H2,1-2H3,(H,20,24);1H. The Kier molecular flexibility index (Phi) is 6.42.